The van der Waals surface area contributed by atoms with Crippen molar-refractivity contribution in [1.29, 1.82) is 0 Å². The van der Waals surface area contributed by atoms with E-state index < -0.39 is 0 Å². The van der Waals surface area contributed by atoms with Crippen LogP contribution in [0, 0.1) is 0 Å². The number of imide groups is 1. The van der Waals surface area contributed by atoms with Gasteiger partial charge in [0.2, 0.25) is 11.8 Å². The molecule has 4 rings (SSSR count). The number of rotatable bonds is 5. The normalized spacial score (nSPS) is 20.7. The molecule has 1 atom stereocenters. The fraction of sp³-hybridized carbons (Fsp3) is 0.364. The molecule has 2 aromatic rings. The molecule has 2 aromatic carbocycles. The molecule has 0 saturated carbocycles. The molecule has 0 unspecified atom stereocenters. The van der Waals surface area contributed by atoms with Crippen molar-refractivity contribution in [3.8, 4) is 5.75 Å². The van der Waals surface area contributed by atoms with Gasteiger partial charge in [-0.15, -0.1) is 0 Å². The van der Waals surface area contributed by atoms with Gasteiger partial charge in [0.15, 0.2) is 6.67 Å². The molecule has 2 fully saturated rings. The topological polar surface area (TPSA) is 54.3 Å². The molecule has 6 nitrogen and oxygen atoms in total. The first-order valence-corrected chi connectivity index (χ1v) is 9.77. The number of anilines is 1. The first-order chi connectivity index (χ1) is 13.7. The lowest BCUT2D eigenvalue weighted by Gasteiger charge is -2.35. The molecule has 146 valence electrons. The van der Waals surface area contributed by atoms with E-state index in [0.29, 0.717) is 6.67 Å². The molecular weight excluding hydrogens is 354 g/mol. The number of likely N-dealkylation sites (tertiary alicyclic amines) is 1. The molecule has 28 heavy (non-hydrogen) atoms. The number of amides is 2. The fourth-order valence-electron chi connectivity index (χ4n) is 4.05. The van der Waals surface area contributed by atoms with Crippen molar-refractivity contribution in [2.45, 2.75) is 12.3 Å². The van der Waals surface area contributed by atoms with Crippen molar-refractivity contribution in [3.63, 3.8) is 0 Å². The Bertz CT molecular complexity index is 830. The minimum Gasteiger partial charge on any atom is -0.497 e. The Morgan fingerprint density at radius 3 is 2.32 bits per heavy atom. The Morgan fingerprint density at radius 2 is 1.68 bits per heavy atom. The molecule has 0 spiro atoms. The van der Waals surface area contributed by atoms with Crippen LogP contribution < -0.4 is 14.5 Å². The van der Waals surface area contributed by atoms with Gasteiger partial charge in [0.25, 0.3) is 0 Å². The van der Waals surface area contributed by atoms with Crippen molar-refractivity contribution in [1.82, 2.24) is 4.90 Å². The van der Waals surface area contributed by atoms with E-state index in [2.05, 4.69) is 17.0 Å². The molecule has 2 saturated heterocycles. The van der Waals surface area contributed by atoms with Gasteiger partial charge in [-0.25, -0.2) is 4.90 Å². The number of carbonyl (C=O) groups excluding carboxylic acids is 2. The summed E-state index contributed by atoms with van der Waals surface area (Å²) in [4.78, 5) is 30.3. The van der Waals surface area contributed by atoms with Crippen molar-refractivity contribution < 1.29 is 19.2 Å². The second-order valence-electron chi connectivity index (χ2n) is 7.42. The zero-order valence-electron chi connectivity index (χ0n) is 16.1. The Hall–Kier alpha value is -2.86. The van der Waals surface area contributed by atoms with E-state index in [4.69, 9.17) is 4.74 Å². The molecule has 0 aromatic heterocycles. The van der Waals surface area contributed by atoms with Crippen LogP contribution in [0.4, 0.5) is 5.69 Å². The highest BCUT2D eigenvalue weighted by Gasteiger charge is 2.41. The van der Waals surface area contributed by atoms with Gasteiger partial charge < -0.3 is 14.5 Å². The first kappa shape index (κ1) is 18.5. The van der Waals surface area contributed by atoms with Crippen LogP contribution in [-0.4, -0.2) is 56.7 Å². The lowest BCUT2D eigenvalue weighted by Crippen LogP contribution is -3.16. The van der Waals surface area contributed by atoms with Crippen LogP contribution >= 0.6 is 0 Å². The monoisotopic (exact) mass is 380 g/mol. The maximum absolute atomic E-state index is 12.8. The third kappa shape index (κ3) is 3.73. The average molecular weight is 380 g/mol. The van der Waals surface area contributed by atoms with Crippen molar-refractivity contribution in [2.24, 2.45) is 0 Å². The predicted molar refractivity (Wildman–Crippen MR) is 106 cm³/mol. The van der Waals surface area contributed by atoms with E-state index in [9.17, 15) is 9.59 Å². The van der Waals surface area contributed by atoms with Crippen LogP contribution in [0.2, 0.25) is 0 Å². The number of nitrogens with one attached hydrogen (secondary N) is 1. The summed E-state index contributed by atoms with van der Waals surface area (Å²) < 4.78 is 5.22. The van der Waals surface area contributed by atoms with E-state index >= 15 is 0 Å². The summed E-state index contributed by atoms with van der Waals surface area (Å²) in [6.07, 6.45) is 0.286. The van der Waals surface area contributed by atoms with Gasteiger partial charge >= 0.3 is 0 Å². The zero-order chi connectivity index (χ0) is 19.5. The molecule has 1 N–H and O–H groups in total. The molecule has 2 aliphatic rings. The summed E-state index contributed by atoms with van der Waals surface area (Å²) in [5, 5.41) is 0. The molecular formula is C22H26N3O3+. The van der Waals surface area contributed by atoms with E-state index in [1.807, 2.05) is 42.5 Å². The van der Waals surface area contributed by atoms with E-state index in [1.165, 1.54) is 15.5 Å². The van der Waals surface area contributed by atoms with Gasteiger partial charge in [-0.1, -0.05) is 30.3 Å². The van der Waals surface area contributed by atoms with Crippen LogP contribution in [-0.2, 0) is 9.59 Å². The number of methoxy groups -OCH3 is 1. The maximum atomic E-state index is 12.8. The fourth-order valence-corrected chi connectivity index (χ4v) is 4.05. The van der Waals surface area contributed by atoms with Crippen LogP contribution in [0.3, 0.4) is 0 Å². The highest BCUT2D eigenvalue weighted by molar-refractivity contribution is 6.06. The summed E-state index contributed by atoms with van der Waals surface area (Å²) >= 11 is 0. The SMILES string of the molecule is COc1ccc(N2CC[NH+](CN3C(=O)C[C@H](c4ccccc4)C3=O)CC2)cc1. The molecule has 2 aliphatic heterocycles. The quantitative estimate of drug-likeness (QED) is 0.784. The maximum Gasteiger partial charge on any atom is 0.241 e. The summed E-state index contributed by atoms with van der Waals surface area (Å²) in [6.45, 7) is 4.08. The largest absolute Gasteiger partial charge is 0.497 e. The Kier molecular flexibility index (Phi) is 5.30. The molecule has 2 heterocycles. The van der Waals surface area contributed by atoms with Crippen molar-refractivity contribution in [2.75, 3.05) is 44.9 Å². The molecule has 2 amide bonds. The number of hydrogen-bond acceptors (Lipinski definition) is 4. The molecule has 0 bridgehead atoms. The smallest absolute Gasteiger partial charge is 0.241 e. The van der Waals surface area contributed by atoms with Crippen molar-refractivity contribution >= 4 is 17.5 Å². The number of carbonyl (C=O) groups is 2. The first-order valence-electron chi connectivity index (χ1n) is 9.77. The summed E-state index contributed by atoms with van der Waals surface area (Å²) in [5.41, 5.74) is 2.11. The van der Waals surface area contributed by atoms with E-state index in [0.717, 1.165) is 37.5 Å². The summed E-state index contributed by atoms with van der Waals surface area (Å²) in [6, 6.07) is 17.7. The summed E-state index contributed by atoms with van der Waals surface area (Å²) in [5.74, 6) is 0.422. The lowest BCUT2D eigenvalue weighted by molar-refractivity contribution is -0.907. The van der Waals surface area contributed by atoms with Crippen LogP contribution in [0.1, 0.15) is 17.9 Å². The number of piperazine rings is 1. The van der Waals surface area contributed by atoms with E-state index in [-0.39, 0.29) is 24.2 Å². The third-order valence-corrected chi connectivity index (χ3v) is 5.74. The minimum absolute atomic E-state index is 0.0519. The van der Waals surface area contributed by atoms with E-state index in [1.54, 1.807) is 7.11 Å². The second kappa shape index (κ2) is 8.02. The van der Waals surface area contributed by atoms with Gasteiger partial charge in [0, 0.05) is 12.1 Å². The number of benzene rings is 2. The summed E-state index contributed by atoms with van der Waals surface area (Å²) in [7, 11) is 1.67. The van der Waals surface area contributed by atoms with Crippen LogP contribution in [0.5, 0.6) is 5.75 Å². The number of nitrogens with zero attached hydrogens (tertiary/aromatic N) is 2. The lowest BCUT2D eigenvalue weighted by atomic mass is 9.98. The molecule has 6 heteroatoms. The highest BCUT2D eigenvalue weighted by Crippen LogP contribution is 2.28. The van der Waals surface area contributed by atoms with Gasteiger partial charge in [0.1, 0.15) is 5.75 Å². The Morgan fingerprint density at radius 1 is 1.00 bits per heavy atom. The van der Waals surface area contributed by atoms with Crippen LogP contribution in [0.15, 0.2) is 54.6 Å². The second-order valence-corrected chi connectivity index (χ2v) is 7.42. The predicted octanol–water partition coefficient (Wildman–Crippen LogP) is 0.900. The van der Waals surface area contributed by atoms with Gasteiger partial charge in [-0.2, -0.15) is 0 Å². The zero-order valence-corrected chi connectivity index (χ0v) is 16.1. The Labute approximate surface area is 165 Å². The molecule has 0 aliphatic carbocycles. The van der Waals surface area contributed by atoms with Gasteiger partial charge in [-0.05, 0) is 29.8 Å². The minimum atomic E-state index is -0.325. The van der Waals surface area contributed by atoms with Gasteiger partial charge in [0.05, 0.1) is 39.2 Å². The Balaban J connectivity index is 1.34. The molecule has 0 radical (unpaired) electrons. The van der Waals surface area contributed by atoms with Crippen LogP contribution in [0.25, 0.3) is 0 Å². The third-order valence-electron chi connectivity index (χ3n) is 5.74. The van der Waals surface area contributed by atoms with Gasteiger partial charge in [-0.3, -0.25) is 9.59 Å². The average Bonchev–Trinajstić information content (AvgIpc) is 3.03. The standard InChI is InChI=1S/C22H25N3O3/c1-28-19-9-7-18(8-10-19)24-13-11-23(12-14-24)16-25-21(26)15-20(22(25)27)17-5-3-2-4-6-17/h2-10,20H,11-16H2,1H3/p+1/t20-/m1/s1. The number of hydrogen-bond donors (Lipinski definition) is 1. The van der Waals surface area contributed by atoms with Crippen molar-refractivity contribution in [3.05, 3.63) is 60.2 Å². The highest BCUT2D eigenvalue weighted by atomic mass is 16.5. The number of quaternary nitrogens is 1. The number of ether oxygens (including phenoxy) is 1.